The van der Waals surface area contributed by atoms with Crippen LogP contribution in [0.4, 0.5) is 11.4 Å². The summed E-state index contributed by atoms with van der Waals surface area (Å²) < 4.78 is 7.67. The predicted octanol–water partition coefficient (Wildman–Crippen LogP) is 4.89. The highest BCUT2D eigenvalue weighted by atomic mass is 32.1. The second-order valence-electron chi connectivity index (χ2n) is 8.80. The molecule has 2 atom stereocenters. The number of hydrogen-bond acceptors (Lipinski definition) is 4. The standard InChI is InChI=1S/C28H27N5OS/c35-28-30-26(25-8-4-5-14-29-25)27(21-13-15-32(20-21)22-6-2-1-3-7-22)33(28)24-11-9-23(10-12-24)31-16-18-34-19-17-31/h1-15,20,26-27H,16-19H2,(H,30,35)/t26-,27-/m1/s1. The highest BCUT2D eigenvalue weighted by Gasteiger charge is 2.41. The van der Waals surface area contributed by atoms with Gasteiger partial charge in [-0.1, -0.05) is 24.3 Å². The lowest BCUT2D eigenvalue weighted by Crippen LogP contribution is -2.36. The second-order valence-corrected chi connectivity index (χ2v) is 9.19. The molecule has 2 aliphatic rings. The molecule has 2 fully saturated rings. The van der Waals surface area contributed by atoms with Crippen molar-refractivity contribution in [1.29, 1.82) is 0 Å². The van der Waals surface area contributed by atoms with Gasteiger partial charge in [-0.3, -0.25) is 4.98 Å². The molecule has 0 amide bonds. The summed E-state index contributed by atoms with van der Waals surface area (Å²) in [7, 11) is 0. The highest BCUT2D eigenvalue weighted by molar-refractivity contribution is 7.80. The first-order valence-electron chi connectivity index (χ1n) is 11.9. The number of thiocarbonyl (C=S) groups is 1. The number of para-hydroxylation sites is 1. The summed E-state index contributed by atoms with van der Waals surface area (Å²) in [4.78, 5) is 9.25. The van der Waals surface area contributed by atoms with Gasteiger partial charge in [-0.2, -0.15) is 0 Å². The van der Waals surface area contributed by atoms with Crippen molar-refractivity contribution >= 4 is 28.7 Å². The van der Waals surface area contributed by atoms with Crippen LogP contribution in [0.3, 0.4) is 0 Å². The molecule has 4 heterocycles. The number of nitrogens with zero attached hydrogens (tertiary/aromatic N) is 4. The topological polar surface area (TPSA) is 45.6 Å². The largest absolute Gasteiger partial charge is 0.378 e. The van der Waals surface area contributed by atoms with Gasteiger partial charge in [0.2, 0.25) is 0 Å². The van der Waals surface area contributed by atoms with E-state index < -0.39 is 0 Å². The SMILES string of the molecule is S=C1N[C@H](c2ccccn2)[C@@H](c2ccn(-c3ccccc3)c2)N1c1ccc(N2CCOCC2)cc1. The number of anilines is 2. The Morgan fingerprint density at radius 1 is 0.829 bits per heavy atom. The van der Waals surface area contributed by atoms with Crippen molar-refractivity contribution in [3.63, 3.8) is 0 Å². The lowest BCUT2D eigenvalue weighted by molar-refractivity contribution is 0.122. The monoisotopic (exact) mass is 481 g/mol. The molecule has 7 heteroatoms. The minimum atomic E-state index is -0.0609. The van der Waals surface area contributed by atoms with Gasteiger partial charge in [0.05, 0.1) is 31.0 Å². The van der Waals surface area contributed by atoms with E-state index in [9.17, 15) is 0 Å². The number of hydrogen-bond donors (Lipinski definition) is 1. The number of rotatable bonds is 5. The van der Waals surface area contributed by atoms with Crippen molar-refractivity contribution in [2.75, 3.05) is 36.1 Å². The Kier molecular flexibility index (Phi) is 5.94. The van der Waals surface area contributed by atoms with Gasteiger partial charge in [-0.15, -0.1) is 0 Å². The van der Waals surface area contributed by atoms with Crippen LogP contribution in [-0.2, 0) is 4.74 Å². The molecule has 2 saturated heterocycles. The van der Waals surface area contributed by atoms with E-state index in [1.807, 2.05) is 24.4 Å². The molecule has 0 saturated carbocycles. The number of nitrogens with one attached hydrogen (secondary N) is 1. The second kappa shape index (κ2) is 9.52. The van der Waals surface area contributed by atoms with Crippen LogP contribution in [0, 0.1) is 0 Å². The molecule has 2 aromatic carbocycles. The molecule has 2 aliphatic heterocycles. The smallest absolute Gasteiger partial charge is 0.174 e. The third kappa shape index (κ3) is 4.29. The van der Waals surface area contributed by atoms with Gasteiger partial charge in [0, 0.05) is 48.7 Å². The quantitative estimate of drug-likeness (QED) is 0.410. The van der Waals surface area contributed by atoms with Crippen LogP contribution in [0.1, 0.15) is 23.3 Å². The molecule has 6 rings (SSSR count). The van der Waals surface area contributed by atoms with Crippen molar-refractivity contribution in [1.82, 2.24) is 14.9 Å². The van der Waals surface area contributed by atoms with E-state index in [2.05, 4.69) is 97.7 Å². The maximum absolute atomic E-state index is 5.89. The van der Waals surface area contributed by atoms with Crippen LogP contribution in [0.25, 0.3) is 5.69 Å². The average molecular weight is 482 g/mol. The van der Waals surface area contributed by atoms with Gasteiger partial charge in [0.15, 0.2) is 5.11 Å². The highest BCUT2D eigenvalue weighted by Crippen LogP contribution is 2.42. The first-order chi connectivity index (χ1) is 17.3. The molecular weight excluding hydrogens is 454 g/mol. The zero-order valence-corrected chi connectivity index (χ0v) is 20.1. The van der Waals surface area contributed by atoms with Crippen molar-refractivity contribution in [2.24, 2.45) is 0 Å². The first kappa shape index (κ1) is 21.8. The molecule has 1 N–H and O–H groups in total. The molecule has 0 aliphatic carbocycles. The summed E-state index contributed by atoms with van der Waals surface area (Å²) in [5.74, 6) is 0. The Labute approximate surface area is 210 Å². The zero-order valence-electron chi connectivity index (χ0n) is 19.3. The van der Waals surface area contributed by atoms with Gasteiger partial charge in [0.25, 0.3) is 0 Å². The third-order valence-electron chi connectivity index (χ3n) is 6.71. The molecule has 2 aromatic heterocycles. The van der Waals surface area contributed by atoms with Crippen molar-refractivity contribution in [3.8, 4) is 5.69 Å². The van der Waals surface area contributed by atoms with Crippen molar-refractivity contribution < 1.29 is 4.74 Å². The average Bonchev–Trinajstić information content (AvgIpc) is 3.55. The Bertz CT molecular complexity index is 1290. The molecule has 0 spiro atoms. The Balaban J connectivity index is 1.37. The maximum Gasteiger partial charge on any atom is 0.174 e. The van der Waals surface area contributed by atoms with Gasteiger partial charge in [-0.25, -0.2) is 0 Å². The molecule has 35 heavy (non-hydrogen) atoms. The van der Waals surface area contributed by atoms with E-state index in [1.165, 1.54) is 11.3 Å². The van der Waals surface area contributed by atoms with Crippen LogP contribution >= 0.6 is 12.2 Å². The minimum absolute atomic E-state index is 0.0309. The van der Waals surface area contributed by atoms with Gasteiger partial charge in [-0.05, 0) is 72.4 Å². The lowest BCUT2D eigenvalue weighted by atomic mass is 9.98. The van der Waals surface area contributed by atoms with E-state index in [1.54, 1.807) is 0 Å². The van der Waals surface area contributed by atoms with Crippen molar-refractivity contribution in [3.05, 3.63) is 109 Å². The molecule has 176 valence electrons. The summed E-state index contributed by atoms with van der Waals surface area (Å²) >= 11 is 5.89. The van der Waals surface area contributed by atoms with Crippen LogP contribution in [0.5, 0.6) is 0 Å². The molecular formula is C28H27N5OS. The fourth-order valence-electron chi connectivity index (χ4n) is 4.97. The lowest BCUT2D eigenvalue weighted by Gasteiger charge is -2.30. The minimum Gasteiger partial charge on any atom is -0.378 e. The Hall–Kier alpha value is -3.68. The first-order valence-corrected chi connectivity index (χ1v) is 12.4. The van der Waals surface area contributed by atoms with Crippen LogP contribution in [0.15, 0.2) is 97.5 Å². The fourth-order valence-corrected chi connectivity index (χ4v) is 5.31. The maximum atomic E-state index is 5.89. The zero-order chi connectivity index (χ0) is 23.6. The summed E-state index contributed by atoms with van der Waals surface area (Å²) in [5, 5.41) is 4.26. The molecule has 0 radical (unpaired) electrons. The van der Waals surface area contributed by atoms with Crippen molar-refractivity contribution in [2.45, 2.75) is 12.1 Å². The Morgan fingerprint density at radius 3 is 2.31 bits per heavy atom. The number of ether oxygens (including phenoxy) is 1. The summed E-state index contributed by atoms with van der Waals surface area (Å²) in [6, 6.07) is 27.2. The van der Waals surface area contributed by atoms with E-state index >= 15 is 0 Å². The molecule has 0 unspecified atom stereocenters. The van der Waals surface area contributed by atoms with Gasteiger partial charge >= 0.3 is 0 Å². The number of aromatic nitrogens is 2. The number of pyridine rings is 1. The summed E-state index contributed by atoms with van der Waals surface area (Å²) in [5.41, 5.74) is 5.55. The van der Waals surface area contributed by atoms with Crippen LogP contribution < -0.4 is 15.1 Å². The van der Waals surface area contributed by atoms with Gasteiger partial charge in [0.1, 0.15) is 0 Å². The van der Waals surface area contributed by atoms with Gasteiger partial charge < -0.3 is 24.4 Å². The Morgan fingerprint density at radius 2 is 1.57 bits per heavy atom. The predicted molar refractivity (Wildman–Crippen MR) is 143 cm³/mol. The fraction of sp³-hybridized carbons (Fsp3) is 0.214. The normalized spacial score (nSPS) is 20.2. The molecule has 6 nitrogen and oxygen atoms in total. The van der Waals surface area contributed by atoms with E-state index in [4.69, 9.17) is 17.0 Å². The van der Waals surface area contributed by atoms with Crippen LogP contribution in [0.2, 0.25) is 0 Å². The van der Waals surface area contributed by atoms with E-state index in [-0.39, 0.29) is 12.1 Å². The number of benzene rings is 2. The third-order valence-corrected chi connectivity index (χ3v) is 7.03. The summed E-state index contributed by atoms with van der Waals surface area (Å²) in [6.45, 7) is 3.38. The molecule has 4 aromatic rings. The van der Waals surface area contributed by atoms with E-state index in [0.717, 1.165) is 43.4 Å². The van der Waals surface area contributed by atoms with Crippen LogP contribution in [-0.4, -0.2) is 41.0 Å². The molecule has 0 bridgehead atoms. The summed E-state index contributed by atoms with van der Waals surface area (Å²) in [6.07, 6.45) is 6.15. The number of morpholine rings is 1. The van der Waals surface area contributed by atoms with E-state index in [0.29, 0.717) is 5.11 Å².